The predicted molar refractivity (Wildman–Crippen MR) is 138 cm³/mol. The summed E-state index contributed by atoms with van der Waals surface area (Å²) in [4.78, 5) is 35.7. The van der Waals surface area contributed by atoms with E-state index in [1.54, 1.807) is 44.1 Å². The quantitative estimate of drug-likeness (QED) is 0.452. The maximum absolute atomic E-state index is 13.3. The number of benzene rings is 2. The van der Waals surface area contributed by atoms with E-state index >= 15 is 0 Å². The van der Waals surface area contributed by atoms with Crippen LogP contribution in [0.1, 0.15) is 35.6 Å². The van der Waals surface area contributed by atoms with Gasteiger partial charge in [0.1, 0.15) is 17.3 Å². The average molecular weight is 495 g/mol. The maximum atomic E-state index is 13.3. The van der Waals surface area contributed by atoms with Gasteiger partial charge in [0, 0.05) is 39.4 Å². The van der Waals surface area contributed by atoms with E-state index in [1.165, 1.54) is 0 Å². The normalized spacial score (nSPS) is 15.2. The average Bonchev–Trinajstić information content (AvgIpc) is 2.93. The van der Waals surface area contributed by atoms with Gasteiger partial charge in [-0.25, -0.2) is 4.98 Å². The molecule has 192 valence electrons. The summed E-state index contributed by atoms with van der Waals surface area (Å²) in [6.45, 7) is 5.46. The number of amides is 1. The van der Waals surface area contributed by atoms with Gasteiger partial charge in [0.25, 0.3) is 11.5 Å². The molecule has 2 heterocycles. The monoisotopic (exact) mass is 494 g/mol. The first-order valence-electron chi connectivity index (χ1n) is 12.3. The summed E-state index contributed by atoms with van der Waals surface area (Å²) in [5, 5.41) is 0.607. The Morgan fingerprint density at radius 1 is 1.03 bits per heavy atom. The lowest BCUT2D eigenvalue weighted by Gasteiger charge is -2.39. The highest BCUT2D eigenvalue weighted by atomic mass is 16.5. The molecular formula is C27H34N4O5. The first-order chi connectivity index (χ1) is 17.5. The van der Waals surface area contributed by atoms with Crippen molar-refractivity contribution in [3.8, 4) is 11.5 Å². The Balaban J connectivity index is 1.56. The summed E-state index contributed by atoms with van der Waals surface area (Å²) < 4.78 is 17.7. The molecule has 1 atom stereocenters. The maximum Gasteiger partial charge on any atom is 0.261 e. The molecule has 1 amide bonds. The number of fused-ring (bicyclic) bond motifs is 1. The number of rotatable bonds is 9. The second-order valence-electron chi connectivity index (χ2n) is 8.76. The molecule has 9 heteroatoms. The van der Waals surface area contributed by atoms with Gasteiger partial charge in [0.2, 0.25) is 0 Å². The molecule has 0 aliphatic carbocycles. The molecule has 1 fully saturated rings. The summed E-state index contributed by atoms with van der Waals surface area (Å²) in [7, 11) is 4.76. The zero-order valence-corrected chi connectivity index (χ0v) is 21.4. The minimum atomic E-state index is -0.0666. The van der Waals surface area contributed by atoms with Gasteiger partial charge in [-0.3, -0.25) is 19.1 Å². The van der Waals surface area contributed by atoms with Gasteiger partial charge < -0.3 is 19.1 Å². The molecule has 2 aromatic carbocycles. The topological polar surface area (TPSA) is 86.1 Å². The fourth-order valence-corrected chi connectivity index (χ4v) is 4.82. The van der Waals surface area contributed by atoms with Gasteiger partial charge in [-0.05, 0) is 30.7 Å². The van der Waals surface area contributed by atoms with Crippen LogP contribution in [0.4, 0.5) is 0 Å². The van der Waals surface area contributed by atoms with Gasteiger partial charge in [-0.1, -0.05) is 19.1 Å². The van der Waals surface area contributed by atoms with E-state index in [0.717, 1.165) is 12.2 Å². The zero-order chi connectivity index (χ0) is 25.7. The number of hydrogen-bond donors (Lipinski definition) is 0. The summed E-state index contributed by atoms with van der Waals surface area (Å²) in [6, 6.07) is 12.6. The molecule has 3 aromatic rings. The van der Waals surface area contributed by atoms with Gasteiger partial charge in [-0.15, -0.1) is 0 Å². The van der Waals surface area contributed by atoms with Crippen LogP contribution in [-0.4, -0.2) is 79.4 Å². The Bertz CT molecular complexity index is 1270. The van der Waals surface area contributed by atoms with E-state index in [0.29, 0.717) is 67.3 Å². The highest BCUT2D eigenvalue weighted by Crippen LogP contribution is 2.28. The first-order valence-corrected chi connectivity index (χ1v) is 12.3. The minimum Gasteiger partial charge on any atom is -0.497 e. The van der Waals surface area contributed by atoms with E-state index < -0.39 is 0 Å². The molecule has 0 radical (unpaired) electrons. The van der Waals surface area contributed by atoms with Crippen LogP contribution in [0.25, 0.3) is 10.9 Å². The molecule has 0 bridgehead atoms. The smallest absolute Gasteiger partial charge is 0.261 e. The van der Waals surface area contributed by atoms with Crippen molar-refractivity contribution in [1.29, 1.82) is 0 Å². The van der Waals surface area contributed by atoms with Crippen molar-refractivity contribution in [2.24, 2.45) is 0 Å². The van der Waals surface area contributed by atoms with Crippen LogP contribution in [-0.2, 0) is 11.3 Å². The lowest BCUT2D eigenvalue weighted by Crippen LogP contribution is -2.50. The third-order valence-corrected chi connectivity index (χ3v) is 6.78. The fraction of sp³-hybridized carbons (Fsp3) is 0.444. The van der Waals surface area contributed by atoms with Gasteiger partial charge in [0.15, 0.2) is 0 Å². The third-order valence-electron chi connectivity index (χ3n) is 6.78. The minimum absolute atomic E-state index is 0.0491. The number of hydrogen-bond acceptors (Lipinski definition) is 7. The van der Waals surface area contributed by atoms with E-state index in [9.17, 15) is 9.59 Å². The Morgan fingerprint density at radius 3 is 2.44 bits per heavy atom. The van der Waals surface area contributed by atoms with E-state index in [-0.39, 0.29) is 17.5 Å². The number of para-hydroxylation sites is 1. The third kappa shape index (κ3) is 5.08. The molecular weight excluding hydrogens is 460 g/mol. The van der Waals surface area contributed by atoms with Crippen LogP contribution in [0.2, 0.25) is 0 Å². The Kier molecular flexibility index (Phi) is 8.22. The van der Waals surface area contributed by atoms with Crippen molar-refractivity contribution >= 4 is 16.8 Å². The summed E-state index contributed by atoms with van der Waals surface area (Å²) >= 11 is 0. The number of piperazine rings is 1. The molecule has 1 saturated heterocycles. The molecule has 1 unspecified atom stereocenters. The lowest BCUT2D eigenvalue weighted by molar-refractivity contribution is 0.0543. The van der Waals surface area contributed by atoms with Crippen LogP contribution in [0, 0.1) is 0 Å². The lowest BCUT2D eigenvalue weighted by atomic mass is 10.1. The van der Waals surface area contributed by atoms with Crippen LogP contribution in [0.3, 0.4) is 0 Å². The number of carbonyl (C=O) groups is 1. The fourth-order valence-electron chi connectivity index (χ4n) is 4.82. The van der Waals surface area contributed by atoms with Crippen molar-refractivity contribution < 1.29 is 19.0 Å². The van der Waals surface area contributed by atoms with Crippen molar-refractivity contribution in [1.82, 2.24) is 19.4 Å². The van der Waals surface area contributed by atoms with Crippen molar-refractivity contribution in [2.75, 3.05) is 54.1 Å². The standard InChI is InChI=1S/C27H34N4O5/c1-5-23(25-28-22-9-7-6-8-20(22)27(33)31(25)16-17-34-2)29-12-14-30(15-13-29)26(32)21-11-10-19(35-3)18-24(21)36-4/h6-11,18,23H,5,12-17H2,1-4H3. The molecule has 0 spiro atoms. The number of carbonyl (C=O) groups excluding carboxylic acids is 1. The van der Waals surface area contributed by atoms with E-state index in [1.807, 2.05) is 29.2 Å². The van der Waals surface area contributed by atoms with Gasteiger partial charge in [0.05, 0.1) is 49.9 Å². The van der Waals surface area contributed by atoms with Crippen LogP contribution >= 0.6 is 0 Å². The Labute approximate surface area is 211 Å². The van der Waals surface area contributed by atoms with Crippen LogP contribution in [0.5, 0.6) is 11.5 Å². The molecule has 1 aliphatic heterocycles. The van der Waals surface area contributed by atoms with Crippen molar-refractivity contribution in [2.45, 2.75) is 25.9 Å². The zero-order valence-electron chi connectivity index (χ0n) is 21.4. The van der Waals surface area contributed by atoms with E-state index in [4.69, 9.17) is 19.2 Å². The molecule has 1 aliphatic rings. The van der Waals surface area contributed by atoms with Crippen LogP contribution in [0.15, 0.2) is 47.3 Å². The van der Waals surface area contributed by atoms with Crippen LogP contribution < -0.4 is 15.0 Å². The molecule has 1 aromatic heterocycles. The number of aromatic nitrogens is 2. The predicted octanol–water partition coefficient (Wildman–Crippen LogP) is 2.97. The molecule has 9 nitrogen and oxygen atoms in total. The SMILES string of the molecule is CCC(c1nc2ccccc2c(=O)n1CCOC)N1CCN(C(=O)c2ccc(OC)cc2OC)CC1. The molecule has 4 rings (SSSR count). The van der Waals surface area contributed by atoms with Gasteiger partial charge in [-0.2, -0.15) is 0 Å². The highest BCUT2D eigenvalue weighted by Gasteiger charge is 2.30. The largest absolute Gasteiger partial charge is 0.497 e. The second-order valence-corrected chi connectivity index (χ2v) is 8.76. The molecule has 0 saturated carbocycles. The van der Waals surface area contributed by atoms with Crippen molar-refractivity contribution in [3.05, 3.63) is 64.2 Å². The summed E-state index contributed by atoms with van der Waals surface area (Å²) in [5.74, 6) is 1.81. The summed E-state index contributed by atoms with van der Waals surface area (Å²) in [5.41, 5.74) is 1.17. The van der Waals surface area contributed by atoms with E-state index in [2.05, 4.69) is 11.8 Å². The number of nitrogens with zero attached hydrogens (tertiary/aromatic N) is 4. The second kappa shape index (κ2) is 11.5. The Hall–Kier alpha value is -3.43. The number of methoxy groups -OCH3 is 3. The highest BCUT2D eigenvalue weighted by molar-refractivity contribution is 5.97. The summed E-state index contributed by atoms with van der Waals surface area (Å²) in [6.07, 6.45) is 0.790. The molecule has 0 N–H and O–H groups in total. The Morgan fingerprint density at radius 2 is 1.78 bits per heavy atom. The van der Waals surface area contributed by atoms with Gasteiger partial charge >= 0.3 is 0 Å². The molecule has 36 heavy (non-hydrogen) atoms. The van der Waals surface area contributed by atoms with Crippen molar-refractivity contribution in [3.63, 3.8) is 0 Å². The first kappa shape index (κ1) is 25.7. The number of ether oxygens (including phenoxy) is 3.